The zero-order valence-corrected chi connectivity index (χ0v) is 14.4. The Labute approximate surface area is 148 Å². The van der Waals surface area contributed by atoms with E-state index in [2.05, 4.69) is 6.58 Å². The molecule has 1 amide bonds. The van der Waals surface area contributed by atoms with Crippen molar-refractivity contribution in [2.24, 2.45) is 0 Å². The second kappa shape index (κ2) is 7.50. The number of phenolic OH excluding ortho intramolecular Hbond substituents is 1. The molecule has 1 aliphatic heterocycles. The SMILES string of the molecule is C=CCc1cc(/C=C2\SC(=S)N(CC(=O)[O-])C2=O)cc(OC)c1O. The molecule has 0 spiro atoms. The summed E-state index contributed by atoms with van der Waals surface area (Å²) in [5, 5.41) is 20.8. The van der Waals surface area contributed by atoms with Gasteiger partial charge < -0.3 is 19.7 Å². The molecule has 0 saturated carbocycles. The van der Waals surface area contributed by atoms with Gasteiger partial charge in [-0.3, -0.25) is 9.69 Å². The first-order chi connectivity index (χ1) is 11.4. The van der Waals surface area contributed by atoms with Crippen molar-refractivity contribution in [1.29, 1.82) is 0 Å². The standard InChI is InChI=1S/C16H15NO5S2/c1-3-4-10-5-9(6-11(22-2)14(10)20)7-12-15(21)17(8-13(18)19)16(23)24-12/h3,5-7,20H,1,4,8H2,2H3,(H,18,19)/p-1/b12-7-. The van der Waals surface area contributed by atoms with Crippen molar-refractivity contribution in [3.05, 3.63) is 40.8 Å². The number of benzene rings is 1. The zero-order valence-electron chi connectivity index (χ0n) is 12.8. The molecular formula is C16H14NO5S2-. The van der Waals surface area contributed by atoms with Crippen LogP contribution >= 0.6 is 24.0 Å². The van der Waals surface area contributed by atoms with E-state index in [-0.39, 0.29) is 15.8 Å². The Morgan fingerprint density at radius 2 is 2.25 bits per heavy atom. The molecule has 1 saturated heterocycles. The maximum atomic E-state index is 12.2. The first-order valence-corrected chi connectivity index (χ1v) is 8.05. The lowest BCUT2D eigenvalue weighted by molar-refractivity contribution is -0.305. The average molecular weight is 364 g/mol. The van der Waals surface area contributed by atoms with E-state index in [9.17, 15) is 19.8 Å². The molecular weight excluding hydrogens is 350 g/mol. The van der Waals surface area contributed by atoms with Gasteiger partial charge in [-0.25, -0.2) is 0 Å². The highest BCUT2D eigenvalue weighted by molar-refractivity contribution is 8.26. The molecule has 1 N–H and O–H groups in total. The summed E-state index contributed by atoms with van der Waals surface area (Å²) in [4.78, 5) is 24.2. The fraction of sp³-hybridized carbons (Fsp3) is 0.188. The number of carbonyl (C=O) groups excluding carboxylic acids is 2. The van der Waals surface area contributed by atoms with Gasteiger partial charge in [-0.05, 0) is 30.2 Å². The summed E-state index contributed by atoms with van der Waals surface area (Å²) in [7, 11) is 1.43. The number of aromatic hydroxyl groups is 1. The van der Waals surface area contributed by atoms with E-state index in [1.54, 1.807) is 24.3 Å². The maximum absolute atomic E-state index is 12.2. The second-order valence-corrected chi connectivity index (χ2v) is 6.54. The molecule has 1 aromatic rings. The molecule has 24 heavy (non-hydrogen) atoms. The number of rotatable bonds is 6. The van der Waals surface area contributed by atoms with E-state index >= 15 is 0 Å². The summed E-state index contributed by atoms with van der Waals surface area (Å²) in [5.41, 5.74) is 1.22. The third-order valence-corrected chi connectivity index (χ3v) is 4.60. The molecule has 0 unspecified atom stereocenters. The predicted molar refractivity (Wildman–Crippen MR) is 93.4 cm³/mol. The number of phenols is 1. The number of thioether (sulfide) groups is 1. The van der Waals surface area contributed by atoms with Crippen molar-refractivity contribution in [3.63, 3.8) is 0 Å². The number of amides is 1. The maximum Gasteiger partial charge on any atom is 0.266 e. The minimum Gasteiger partial charge on any atom is -0.548 e. The van der Waals surface area contributed by atoms with Crippen molar-refractivity contribution in [1.82, 2.24) is 4.90 Å². The van der Waals surface area contributed by atoms with E-state index < -0.39 is 18.4 Å². The van der Waals surface area contributed by atoms with Gasteiger partial charge in [0.2, 0.25) is 0 Å². The Kier molecular flexibility index (Phi) is 5.63. The number of hydrogen-bond donors (Lipinski definition) is 1. The minimum atomic E-state index is -1.38. The van der Waals surface area contributed by atoms with Crippen LogP contribution in [0.25, 0.3) is 6.08 Å². The lowest BCUT2D eigenvalue weighted by Gasteiger charge is -2.14. The van der Waals surface area contributed by atoms with Gasteiger partial charge in [0, 0.05) is 5.56 Å². The summed E-state index contributed by atoms with van der Waals surface area (Å²) < 4.78 is 5.29. The Bertz CT molecular complexity index is 757. The lowest BCUT2D eigenvalue weighted by Crippen LogP contribution is -2.40. The topological polar surface area (TPSA) is 89.9 Å². The first kappa shape index (κ1) is 18.0. The van der Waals surface area contributed by atoms with Crippen LogP contribution in [0.5, 0.6) is 11.5 Å². The number of allylic oxidation sites excluding steroid dienone is 1. The van der Waals surface area contributed by atoms with Crippen LogP contribution in [0.3, 0.4) is 0 Å². The fourth-order valence-electron chi connectivity index (χ4n) is 2.16. The molecule has 0 aliphatic carbocycles. The summed E-state index contributed by atoms with van der Waals surface area (Å²) in [6, 6.07) is 3.28. The summed E-state index contributed by atoms with van der Waals surface area (Å²) in [6.07, 6.45) is 3.64. The van der Waals surface area contributed by atoms with Gasteiger partial charge in [-0.15, -0.1) is 6.58 Å². The molecule has 0 bridgehead atoms. The number of hydrogen-bond acceptors (Lipinski definition) is 7. The summed E-state index contributed by atoms with van der Waals surface area (Å²) in [5.74, 6) is -1.59. The van der Waals surface area contributed by atoms with Crippen LogP contribution in [0, 0.1) is 0 Å². The van der Waals surface area contributed by atoms with E-state index in [1.165, 1.54) is 7.11 Å². The van der Waals surface area contributed by atoms with Crippen molar-refractivity contribution < 1.29 is 24.5 Å². The monoisotopic (exact) mass is 364 g/mol. The van der Waals surface area contributed by atoms with Crippen LogP contribution in [0.4, 0.5) is 0 Å². The van der Waals surface area contributed by atoms with Gasteiger partial charge in [0.25, 0.3) is 5.91 Å². The number of aliphatic carboxylic acids is 1. The molecule has 1 heterocycles. The van der Waals surface area contributed by atoms with Crippen molar-refractivity contribution in [2.45, 2.75) is 6.42 Å². The summed E-state index contributed by atoms with van der Waals surface area (Å²) in [6.45, 7) is 3.05. The Morgan fingerprint density at radius 3 is 2.83 bits per heavy atom. The van der Waals surface area contributed by atoms with E-state index in [0.717, 1.165) is 16.7 Å². The molecule has 6 nitrogen and oxygen atoms in total. The van der Waals surface area contributed by atoms with Gasteiger partial charge in [-0.1, -0.05) is 30.1 Å². The zero-order chi connectivity index (χ0) is 17.9. The molecule has 126 valence electrons. The highest BCUT2D eigenvalue weighted by atomic mass is 32.2. The highest BCUT2D eigenvalue weighted by Gasteiger charge is 2.32. The molecule has 1 aromatic carbocycles. The van der Waals surface area contributed by atoms with Crippen LogP contribution < -0.4 is 9.84 Å². The Hall–Kier alpha value is -2.32. The van der Waals surface area contributed by atoms with Crippen molar-refractivity contribution in [2.75, 3.05) is 13.7 Å². The van der Waals surface area contributed by atoms with Crippen LogP contribution in [-0.4, -0.2) is 39.9 Å². The Morgan fingerprint density at radius 1 is 1.54 bits per heavy atom. The van der Waals surface area contributed by atoms with Gasteiger partial charge in [-0.2, -0.15) is 0 Å². The van der Waals surface area contributed by atoms with E-state index in [1.807, 2.05) is 0 Å². The fourth-order valence-corrected chi connectivity index (χ4v) is 3.41. The molecule has 0 atom stereocenters. The van der Waals surface area contributed by atoms with Crippen molar-refractivity contribution >= 4 is 46.3 Å². The number of carboxylic acids is 1. The van der Waals surface area contributed by atoms with Gasteiger partial charge in [0.1, 0.15) is 4.32 Å². The predicted octanol–water partition coefficient (Wildman–Crippen LogP) is 1.08. The van der Waals surface area contributed by atoms with Gasteiger partial charge in [0.05, 0.1) is 24.5 Å². The van der Waals surface area contributed by atoms with Crippen LogP contribution in [-0.2, 0) is 16.0 Å². The minimum absolute atomic E-state index is 0.0130. The van der Waals surface area contributed by atoms with Crippen LogP contribution in [0.2, 0.25) is 0 Å². The smallest absolute Gasteiger partial charge is 0.266 e. The molecule has 2 rings (SSSR count). The van der Waals surface area contributed by atoms with E-state index in [4.69, 9.17) is 17.0 Å². The molecule has 0 aromatic heterocycles. The second-order valence-electron chi connectivity index (χ2n) is 4.86. The largest absolute Gasteiger partial charge is 0.548 e. The number of methoxy groups -OCH3 is 1. The first-order valence-electron chi connectivity index (χ1n) is 6.83. The summed E-state index contributed by atoms with van der Waals surface area (Å²) >= 11 is 6.03. The Balaban J connectivity index is 2.39. The molecule has 1 aliphatic rings. The van der Waals surface area contributed by atoms with Gasteiger partial charge in [0.15, 0.2) is 11.5 Å². The van der Waals surface area contributed by atoms with Crippen LogP contribution in [0.15, 0.2) is 29.7 Å². The quantitative estimate of drug-likeness (QED) is 0.459. The lowest BCUT2D eigenvalue weighted by atomic mass is 10.1. The highest BCUT2D eigenvalue weighted by Crippen LogP contribution is 2.36. The number of nitrogens with zero attached hydrogens (tertiary/aromatic N) is 1. The van der Waals surface area contributed by atoms with Crippen LogP contribution in [0.1, 0.15) is 11.1 Å². The average Bonchev–Trinajstić information content (AvgIpc) is 2.77. The van der Waals surface area contributed by atoms with E-state index in [0.29, 0.717) is 22.5 Å². The number of carboxylic acid groups (broad SMARTS) is 1. The van der Waals surface area contributed by atoms with Crippen molar-refractivity contribution in [3.8, 4) is 11.5 Å². The third kappa shape index (κ3) is 3.77. The number of thiocarbonyl (C=S) groups is 1. The third-order valence-electron chi connectivity index (χ3n) is 3.22. The number of ether oxygens (including phenoxy) is 1. The molecule has 1 fully saturated rings. The normalized spacial score (nSPS) is 15.9. The van der Waals surface area contributed by atoms with Gasteiger partial charge >= 0.3 is 0 Å². The molecule has 0 radical (unpaired) electrons. The number of carbonyl (C=O) groups is 2. The molecule has 8 heteroatoms.